The van der Waals surface area contributed by atoms with Gasteiger partial charge < -0.3 is 5.73 Å². The molecule has 3 N–H and O–H groups in total. The van der Waals surface area contributed by atoms with Gasteiger partial charge in [0.15, 0.2) is 0 Å². The van der Waals surface area contributed by atoms with E-state index in [0.717, 1.165) is 17.7 Å². The van der Waals surface area contributed by atoms with Crippen LogP contribution in [-0.4, -0.2) is 7.05 Å². The Hall–Kier alpha value is -0.590. The molecule has 4 nitrogen and oxygen atoms in total. The smallest absolute Gasteiger partial charge is 0.0702 e. The number of fused-ring (bicyclic) bond motifs is 1. The maximum Gasteiger partial charge on any atom is 0.0702 e. The Morgan fingerprint density at radius 2 is 2.40 bits per heavy atom. The van der Waals surface area contributed by atoms with Crippen molar-refractivity contribution in [3.05, 3.63) is 29.3 Å². The first-order chi connectivity index (χ1) is 7.31. The van der Waals surface area contributed by atoms with Crippen LogP contribution in [0.15, 0.2) is 23.1 Å². The third-order valence-corrected chi connectivity index (χ3v) is 3.07. The van der Waals surface area contributed by atoms with Gasteiger partial charge in [-0.1, -0.05) is 6.07 Å². The van der Waals surface area contributed by atoms with Crippen molar-refractivity contribution in [2.75, 3.05) is 7.05 Å². The molecule has 82 valence electrons. The summed E-state index contributed by atoms with van der Waals surface area (Å²) in [5.74, 6) is 0. The summed E-state index contributed by atoms with van der Waals surface area (Å²) >= 11 is 1.19. The van der Waals surface area contributed by atoms with E-state index in [1.807, 2.05) is 6.07 Å². The Labute approximate surface area is 93.2 Å². The van der Waals surface area contributed by atoms with Crippen LogP contribution >= 0.6 is 12.0 Å². The zero-order valence-corrected chi connectivity index (χ0v) is 9.34. The monoisotopic (exact) mass is 226 g/mol. The third kappa shape index (κ3) is 2.50. The predicted molar refractivity (Wildman–Crippen MR) is 58.8 cm³/mol. The highest BCUT2D eigenvalue weighted by Gasteiger charge is 2.18. The molecule has 0 radical (unpaired) electrons. The van der Waals surface area contributed by atoms with E-state index in [2.05, 4.69) is 22.6 Å². The van der Waals surface area contributed by atoms with Gasteiger partial charge in [0, 0.05) is 18.0 Å². The SMILES string of the molecule is CNOOSc1ccc2c(c1)CC[C@H]2N. The van der Waals surface area contributed by atoms with Gasteiger partial charge in [0.05, 0.1) is 12.0 Å². The van der Waals surface area contributed by atoms with Crippen LogP contribution in [0.3, 0.4) is 0 Å². The van der Waals surface area contributed by atoms with Crippen LogP contribution in [0.25, 0.3) is 0 Å². The largest absolute Gasteiger partial charge is 0.324 e. The zero-order valence-electron chi connectivity index (χ0n) is 8.53. The number of hydrogen-bond acceptors (Lipinski definition) is 5. The van der Waals surface area contributed by atoms with Gasteiger partial charge in [-0.05, 0) is 36.1 Å². The van der Waals surface area contributed by atoms with Gasteiger partial charge >= 0.3 is 0 Å². The normalized spacial score (nSPS) is 19.2. The van der Waals surface area contributed by atoms with Crippen molar-refractivity contribution in [2.45, 2.75) is 23.8 Å². The first kappa shape index (κ1) is 10.9. The summed E-state index contributed by atoms with van der Waals surface area (Å²) in [6, 6.07) is 6.37. The van der Waals surface area contributed by atoms with Crippen LogP contribution in [0.2, 0.25) is 0 Å². The summed E-state index contributed by atoms with van der Waals surface area (Å²) in [5.41, 5.74) is 11.0. The van der Waals surface area contributed by atoms with Gasteiger partial charge in [-0.3, -0.25) is 0 Å². The Balaban J connectivity index is 2.03. The number of benzene rings is 1. The highest BCUT2D eigenvalue weighted by atomic mass is 32.2. The van der Waals surface area contributed by atoms with Crippen molar-refractivity contribution in [2.24, 2.45) is 5.73 Å². The molecule has 0 bridgehead atoms. The molecular weight excluding hydrogens is 212 g/mol. The first-order valence-corrected chi connectivity index (χ1v) is 5.61. The van der Waals surface area contributed by atoms with E-state index in [1.165, 1.54) is 23.2 Å². The second kappa shape index (κ2) is 4.96. The summed E-state index contributed by atoms with van der Waals surface area (Å²) in [7, 11) is 1.64. The van der Waals surface area contributed by atoms with Gasteiger partial charge in [0.2, 0.25) is 0 Å². The van der Waals surface area contributed by atoms with E-state index in [9.17, 15) is 0 Å². The summed E-state index contributed by atoms with van der Waals surface area (Å²) in [4.78, 5) is 5.59. The van der Waals surface area contributed by atoms with Gasteiger partial charge in [0.1, 0.15) is 0 Å². The molecule has 1 aromatic rings. The van der Waals surface area contributed by atoms with Gasteiger partial charge in [0.25, 0.3) is 0 Å². The molecule has 0 unspecified atom stereocenters. The number of rotatable bonds is 4. The van der Waals surface area contributed by atoms with Crippen molar-refractivity contribution in [3.63, 3.8) is 0 Å². The fourth-order valence-corrected chi connectivity index (χ4v) is 2.26. The molecular formula is C10H14N2O2S. The maximum atomic E-state index is 5.95. The van der Waals surface area contributed by atoms with E-state index in [4.69, 9.17) is 10.1 Å². The average molecular weight is 226 g/mol. The first-order valence-electron chi connectivity index (χ1n) is 4.86. The highest BCUT2D eigenvalue weighted by molar-refractivity contribution is 7.94. The van der Waals surface area contributed by atoms with Crippen molar-refractivity contribution in [1.29, 1.82) is 0 Å². The van der Waals surface area contributed by atoms with Crippen LogP contribution in [0.4, 0.5) is 0 Å². The second-order valence-corrected chi connectivity index (χ2v) is 4.22. The molecule has 0 fully saturated rings. The number of nitrogens with two attached hydrogens (primary N) is 1. The topological polar surface area (TPSA) is 56.5 Å². The van der Waals surface area contributed by atoms with Crippen LogP contribution < -0.4 is 11.2 Å². The lowest BCUT2D eigenvalue weighted by atomic mass is 10.1. The van der Waals surface area contributed by atoms with E-state index in [-0.39, 0.29) is 6.04 Å². The summed E-state index contributed by atoms with van der Waals surface area (Å²) < 4.78 is 4.83. The van der Waals surface area contributed by atoms with E-state index in [0.29, 0.717) is 0 Å². The molecule has 1 aliphatic carbocycles. The Morgan fingerprint density at radius 1 is 1.53 bits per heavy atom. The highest BCUT2D eigenvalue weighted by Crippen LogP contribution is 2.32. The van der Waals surface area contributed by atoms with E-state index >= 15 is 0 Å². The van der Waals surface area contributed by atoms with Gasteiger partial charge in [-0.2, -0.15) is 5.48 Å². The third-order valence-electron chi connectivity index (χ3n) is 2.49. The lowest BCUT2D eigenvalue weighted by Gasteiger charge is -2.05. The molecule has 0 spiro atoms. The zero-order chi connectivity index (χ0) is 10.7. The van der Waals surface area contributed by atoms with Crippen molar-refractivity contribution in [3.8, 4) is 0 Å². The summed E-state index contributed by atoms with van der Waals surface area (Å²) in [6.45, 7) is 0. The molecule has 5 heteroatoms. The van der Waals surface area contributed by atoms with Crippen molar-refractivity contribution >= 4 is 12.0 Å². The fourth-order valence-electron chi connectivity index (χ4n) is 1.77. The molecule has 1 aliphatic rings. The standard InChI is InChI=1S/C10H14N2O2S/c1-12-13-14-15-8-3-4-9-7(6-8)2-5-10(9)11/h3-4,6,10,12H,2,5,11H2,1H3/t10-/m1/s1. The predicted octanol–water partition coefficient (Wildman–Crippen LogP) is 1.72. The van der Waals surface area contributed by atoms with Crippen LogP contribution in [-0.2, 0) is 15.7 Å². The molecule has 1 atom stereocenters. The molecule has 0 aromatic heterocycles. The molecule has 1 aromatic carbocycles. The van der Waals surface area contributed by atoms with E-state index < -0.39 is 0 Å². The van der Waals surface area contributed by atoms with Crippen LogP contribution in [0, 0.1) is 0 Å². The Morgan fingerprint density at radius 3 is 3.20 bits per heavy atom. The summed E-state index contributed by atoms with van der Waals surface area (Å²) in [6.07, 6.45) is 2.09. The molecule has 0 amide bonds. The van der Waals surface area contributed by atoms with Crippen molar-refractivity contribution in [1.82, 2.24) is 5.48 Å². The molecule has 0 aliphatic heterocycles. The number of hydroxylamine groups is 1. The fraction of sp³-hybridized carbons (Fsp3) is 0.400. The Bertz CT molecular complexity index is 346. The molecule has 0 heterocycles. The van der Waals surface area contributed by atoms with Crippen LogP contribution in [0.1, 0.15) is 23.6 Å². The van der Waals surface area contributed by atoms with E-state index in [1.54, 1.807) is 7.05 Å². The van der Waals surface area contributed by atoms with Gasteiger partial charge in [-0.25, -0.2) is 0 Å². The molecule has 2 rings (SSSR count). The summed E-state index contributed by atoms with van der Waals surface area (Å²) in [5, 5.41) is 0. The van der Waals surface area contributed by atoms with Crippen LogP contribution in [0.5, 0.6) is 0 Å². The molecule has 0 saturated carbocycles. The quantitative estimate of drug-likeness (QED) is 0.354. The lowest BCUT2D eigenvalue weighted by Crippen LogP contribution is -2.05. The Kier molecular flexibility index (Phi) is 3.61. The number of hydrogen-bond donors (Lipinski definition) is 2. The minimum Gasteiger partial charge on any atom is -0.324 e. The molecule has 0 saturated heterocycles. The van der Waals surface area contributed by atoms with Crippen molar-refractivity contribution < 1.29 is 9.32 Å². The maximum absolute atomic E-state index is 5.95. The number of nitrogens with one attached hydrogen (secondary N) is 1. The minimum absolute atomic E-state index is 0.202. The average Bonchev–Trinajstić information content (AvgIpc) is 2.61. The lowest BCUT2D eigenvalue weighted by molar-refractivity contribution is -0.237. The minimum atomic E-state index is 0.202. The van der Waals surface area contributed by atoms with Gasteiger partial charge in [-0.15, -0.1) is 9.32 Å². The number of aryl methyl sites for hydroxylation is 1. The second-order valence-electron chi connectivity index (χ2n) is 3.44. The molecule has 15 heavy (non-hydrogen) atoms.